The molecule has 0 amide bonds. The molecule has 1 heterocycles. The summed E-state index contributed by atoms with van der Waals surface area (Å²) >= 11 is 0. The molecule has 0 atom stereocenters. The number of nitrogens with two attached hydrogens (primary N) is 1. The van der Waals surface area contributed by atoms with Crippen LogP contribution in [0.3, 0.4) is 0 Å². The molecule has 2 N–H and O–H groups in total. The molecule has 0 aromatic heterocycles. The van der Waals surface area contributed by atoms with Crippen LogP contribution in [-0.4, -0.2) is 33.0 Å². The molecular weight excluding hydrogens is 242 g/mol. The zero-order valence-electron chi connectivity index (χ0n) is 11.1. The summed E-state index contributed by atoms with van der Waals surface area (Å²) in [7, 11) is 1.63. The van der Waals surface area contributed by atoms with Crippen molar-refractivity contribution < 1.29 is 14.2 Å². The molecule has 0 aliphatic carbocycles. The van der Waals surface area contributed by atoms with Crippen molar-refractivity contribution in [2.45, 2.75) is 18.9 Å². The van der Waals surface area contributed by atoms with E-state index < -0.39 is 0 Å². The monoisotopic (exact) mass is 261 g/mol. The van der Waals surface area contributed by atoms with E-state index in [0.29, 0.717) is 6.54 Å². The Hall–Kier alpha value is -1.70. The van der Waals surface area contributed by atoms with E-state index in [-0.39, 0.29) is 6.10 Å². The number of rotatable bonds is 3. The van der Waals surface area contributed by atoms with Crippen LogP contribution in [0.2, 0.25) is 0 Å². The highest BCUT2D eigenvalue weighted by Gasteiger charge is 2.16. The molecule has 1 aliphatic heterocycles. The van der Waals surface area contributed by atoms with Gasteiger partial charge in [-0.05, 0) is 18.2 Å². The zero-order chi connectivity index (χ0) is 13.5. The molecule has 4 heteroatoms. The summed E-state index contributed by atoms with van der Waals surface area (Å²) < 4.78 is 16.5. The maximum atomic E-state index is 6.00. The van der Waals surface area contributed by atoms with E-state index in [1.54, 1.807) is 7.11 Å². The van der Waals surface area contributed by atoms with Crippen molar-refractivity contribution in [2.24, 2.45) is 5.73 Å². The van der Waals surface area contributed by atoms with Crippen LogP contribution in [0.25, 0.3) is 0 Å². The van der Waals surface area contributed by atoms with Crippen molar-refractivity contribution in [3.63, 3.8) is 0 Å². The van der Waals surface area contributed by atoms with Crippen molar-refractivity contribution in [1.29, 1.82) is 0 Å². The second-order valence-corrected chi connectivity index (χ2v) is 4.30. The first-order chi connectivity index (χ1) is 9.33. The Morgan fingerprint density at radius 3 is 2.84 bits per heavy atom. The Morgan fingerprint density at radius 2 is 2.16 bits per heavy atom. The predicted molar refractivity (Wildman–Crippen MR) is 73.4 cm³/mol. The van der Waals surface area contributed by atoms with Crippen LogP contribution in [0.1, 0.15) is 18.4 Å². The van der Waals surface area contributed by atoms with Crippen LogP contribution >= 0.6 is 0 Å². The van der Waals surface area contributed by atoms with Crippen molar-refractivity contribution in [1.82, 2.24) is 0 Å². The van der Waals surface area contributed by atoms with E-state index in [9.17, 15) is 0 Å². The number of hydrogen-bond acceptors (Lipinski definition) is 4. The normalized spacial score (nSPS) is 15.5. The molecule has 102 valence electrons. The second kappa shape index (κ2) is 7.03. The fraction of sp³-hybridized carbons (Fsp3) is 0.467. The SMILES string of the molecule is COc1ccc(OC2CCOCC2)c(C#CCN)c1. The largest absolute Gasteiger partial charge is 0.497 e. The van der Waals surface area contributed by atoms with Crippen LogP contribution in [-0.2, 0) is 4.74 Å². The van der Waals surface area contributed by atoms with E-state index in [0.717, 1.165) is 43.1 Å². The molecule has 1 saturated heterocycles. The van der Waals surface area contributed by atoms with E-state index in [1.807, 2.05) is 18.2 Å². The zero-order valence-corrected chi connectivity index (χ0v) is 11.1. The summed E-state index contributed by atoms with van der Waals surface area (Å²) in [6.07, 6.45) is 2.02. The van der Waals surface area contributed by atoms with Gasteiger partial charge in [-0.3, -0.25) is 0 Å². The van der Waals surface area contributed by atoms with Gasteiger partial charge in [-0.2, -0.15) is 0 Å². The lowest BCUT2D eigenvalue weighted by atomic mass is 10.1. The Labute approximate surface area is 113 Å². The summed E-state index contributed by atoms with van der Waals surface area (Å²) in [5.74, 6) is 7.43. The van der Waals surface area contributed by atoms with Gasteiger partial charge in [-0.1, -0.05) is 11.8 Å². The third-order valence-electron chi connectivity index (χ3n) is 2.97. The van der Waals surface area contributed by atoms with Gasteiger partial charge in [0.05, 0.1) is 32.4 Å². The first-order valence-corrected chi connectivity index (χ1v) is 6.45. The molecule has 0 spiro atoms. The van der Waals surface area contributed by atoms with Crippen LogP contribution < -0.4 is 15.2 Å². The minimum Gasteiger partial charge on any atom is -0.497 e. The molecule has 0 unspecified atom stereocenters. The first kappa shape index (κ1) is 13.7. The highest BCUT2D eigenvalue weighted by Crippen LogP contribution is 2.26. The molecule has 0 bridgehead atoms. The molecule has 4 nitrogen and oxygen atoms in total. The Morgan fingerprint density at radius 1 is 1.37 bits per heavy atom. The minimum absolute atomic E-state index is 0.195. The minimum atomic E-state index is 0.195. The summed E-state index contributed by atoms with van der Waals surface area (Å²) in [6.45, 7) is 1.84. The molecule has 1 aliphatic rings. The summed E-state index contributed by atoms with van der Waals surface area (Å²) in [5.41, 5.74) is 6.24. The maximum Gasteiger partial charge on any atom is 0.135 e. The molecule has 0 radical (unpaired) electrons. The molecule has 0 saturated carbocycles. The number of methoxy groups -OCH3 is 1. The van der Waals surface area contributed by atoms with Gasteiger partial charge < -0.3 is 19.9 Å². The smallest absolute Gasteiger partial charge is 0.135 e. The van der Waals surface area contributed by atoms with E-state index in [1.165, 1.54) is 0 Å². The van der Waals surface area contributed by atoms with Gasteiger partial charge in [0.25, 0.3) is 0 Å². The van der Waals surface area contributed by atoms with Crippen molar-refractivity contribution in [3.8, 4) is 23.3 Å². The quantitative estimate of drug-likeness (QED) is 0.839. The molecule has 2 rings (SSSR count). The van der Waals surface area contributed by atoms with Gasteiger partial charge in [0.15, 0.2) is 0 Å². The highest BCUT2D eigenvalue weighted by atomic mass is 16.5. The Balaban J connectivity index is 2.17. The Bertz CT molecular complexity index is 470. The lowest BCUT2D eigenvalue weighted by Gasteiger charge is -2.24. The molecular formula is C15H19NO3. The van der Waals surface area contributed by atoms with Crippen molar-refractivity contribution >= 4 is 0 Å². The number of hydrogen-bond donors (Lipinski definition) is 1. The van der Waals surface area contributed by atoms with Crippen LogP contribution in [0.5, 0.6) is 11.5 Å². The number of benzene rings is 1. The topological polar surface area (TPSA) is 53.7 Å². The predicted octanol–water partition coefficient (Wildman–Crippen LogP) is 1.56. The maximum absolute atomic E-state index is 6.00. The average molecular weight is 261 g/mol. The molecule has 19 heavy (non-hydrogen) atoms. The highest BCUT2D eigenvalue weighted by molar-refractivity contribution is 5.50. The fourth-order valence-corrected chi connectivity index (χ4v) is 1.96. The third kappa shape index (κ3) is 3.88. The lowest BCUT2D eigenvalue weighted by molar-refractivity contribution is 0.0254. The molecule has 1 fully saturated rings. The van der Waals surface area contributed by atoms with Gasteiger partial charge in [0, 0.05) is 12.8 Å². The van der Waals surface area contributed by atoms with Gasteiger partial charge in [-0.15, -0.1) is 0 Å². The van der Waals surface area contributed by atoms with Gasteiger partial charge in [-0.25, -0.2) is 0 Å². The van der Waals surface area contributed by atoms with E-state index in [2.05, 4.69) is 11.8 Å². The summed E-state index contributed by atoms with van der Waals surface area (Å²) in [6, 6.07) is 5.65. The van der Waals surface area contributed by atoms with Crippen molar-refractivity contribution in [2.75, 3.05) is 26.9 Å². The Kier molecular flexibility index (Phi) is 5.08. The fourth-order valence-electron chi connectivity index (χ4n) is 1.96. The van der Waals surface area contributed by atoms with E-state index >= 15 is 0 Å². The summed E-state index contributed by atoms with van der Waals surface area (Å²) in [4.78, 5) is 0. The van der Waals surface area contributed by atoms with Gasteiger partial charge >= 0.3 is 0 Å². The average Bonchev–Trinajstić information content (AvgIpc) is 2.47. The number of ether oxygens (including phenoxy) is 3. The van der Waals surface area contributed by atoms with Crippen LogP contribution in [0.4, 0.5) is 0 Å². The summed E-state index contributed by atoms with van der Waals surface area (Å²) in [5, 5.41) is 0. The third-order valence-corrected chi connectivity index (χ3v) is 2.97. The van der Waals surface area contributed by atoms with Gasteiger partial charge in [0.2, 0.25) is 0 Å². The lowest BCUT2D eigenvalue weighted by Crippen LogP contribution is -2.26. The van der Waals surface area contributed by atoms with Gasteiger partial charge in [0.1, 0.15) is 17.6 Å². The molecule has 1 aromatic carbocycles. The second-order valence-electron chi connectivity index (χ2n) is 4.30. The van der Waals surface area contributed by atoms with E-state index in [4.69, 9.17) is 19.9 Å². The van der Waals surface area contributed by atoms with Crippen LogP contribution in [0.15, 0.2) is 18.2 Å². The van der Waals surface area contributed by atoms with Crippen LogP contribution in [0, 0.1) is 11.8 Å². The molecule has 1 aromatic rings. The first-order valence-electron chi connectivity index (χ1n) is 6.45. The standard InChI is InChI=1S/C15H19NO3/c1-17-14-4-5-15(12(11-14)3-2-8-16)19-13-6-9-18-10-7-13/h4-5,11,13H,6-10,16H2,1H3. The van der Waals surface area contributed by atoms with Crippen molar-refractivity contribution in [3.05, 3.63) is 23.8 Å².